The van der Waals surface area contributed by atoms with Gasteiger partial charge >= 0.3 is 6.16 Å². The molecule has 1 aliphatic carbocycles. The predicted octanol–water partition coefficient (Wildman–Crippen LogP) is 4.95. The molecule has 0 atom stereocenters. The second kappa shape index (κ2) is 8.62. The van der Waals surface area contributed by atoms with Gasteiger partial charge in [0.15, 0.2) is 11.6 Å². The van der Waals surface area contributed by atoms with E-state index >= 15 is 0 Å². The Morgan fingerprint density at radius 3 is 2.22 bits per heavy atom. The Morgan fingerprint density at radius 2 is 1.48 bits per heavy atom. The van der Waals surface area contributed by atoms with Crippen LogP contribution in [0.1, 0.15) is 70.9 Å². The topological polar surface area (TPSA) is 69.7 Å². The van der Waals surface area contributed by atoms with Crippen molar-refractivity contribution in [1.29, 1.82) is 0 Å². The van der Waals surface area contributed by atoms with Gasteiger partial charge in [-0.15, -0.1) is 0 Å². The Bertz CT molecular complexity index is 869. The van der Waals surface area contributed by atoms with E-state index in [2.05, 4.69) is 6.92 Å². The molecule has 140 valence electrons. The normalized spacial score (nSPS) is 12.3. The van der Waals surface area contributed by atoms with Crippen molar-refractivity contribution in [3.63, 3.8) is 0 Å². The van der Waals surface area contributed by atoms with Crippen molar-refractivity contribution in [2.75, 3.05) is 6.61 Å². The molecule has 0 bridgehead atoms. The molecule has 27 heavy (non-hydrogen) atoms. The lowest BCUT2D eigenvalue weighted by atomic mass is 9.84. The Labute approximate surface area is 158 Å². The van der Waals surface area contributed by atoms with Crippen molar-refractivity contribution in [1.82, 2.24) is 0 Å². The smallest absolute Gasteiger partial charge is 0.434 e. The molecule has 0 aromatic heterocycles. The second-order valence-electron chi connectivity index (χ2n) is 6.50. The van der Waals surface area contributed by atoms with E-state index in [4.69, 9.17) is 9.47 Å². The molecule has 2 aromatic rings. The maximum Gasteiger partial charge on any atom is 0.513 e. The van der Waals surface area contributed by atoms with Crippen molar-refractivity contribution in [2.24, 2.45) is 0 Å². The first-order chi connectivity index (χ1) is 13.1. The van der Waals surface area contributed by atoms with E-state index in [1.54, 1.807) is 36.4 Å². The summed E-state index contributed by atoms with van der Waals surface area (Å²) in [6, 6.07) is 11.3. The van der Waals surface area contributed by atoms with Gasteiger partial charge in [0.2, 0.25) is 0 Å². The van der Waals surface area contributed by atoms with Crippen LogP contribution in [-0.4, -0.2) is 24.3 Å². The van der Waals surface area contributed by atoms with Gasteiger partial charge in [-0.1, -0.05) is 69.0 Å². The maximum atomic E-state index is 12.8. The van der Waals surface area contributed by atoms with Gasteiger partial charge in [0.05, 0.1) is 12.2 Å². The van der Waals surface area contributed by atoms with Gasteiger partial charge in [0, 0.05) is 16.7 Å². The van der Waals surface area contributed by atoms with Crippen LogP contribution >= 0.6 is 0 Å². The fourth-order valence-electron chi connectivity index (χ4n) is 3.18. The highest BCUT2D eigenvalue weighted by Gasteiger charge is 2.32. The molecule has 3 rings (SSSR count). The highest BCUT2D eigenvalue weighted by molar-refractivity contribution is 6.29. The van der Waals surface area contributed by atoms with Crippen molar-refractivity contribution in [3.05, 3.63) is 64.7 Å². The van der Waals surface area contributed by atoms with E-state index in [9.17, 15) is 14.4 Å². The first kappa shape index (κ1) is 18.8. The van der Waals surface area contributed by atoms with Crippen LogP contribution in [0.3, 0.4) is 0 Å². The zero-order chi connectivity index (χ0) is 19.2. The number of ether oxygens (including phenoxy) is 2. The van der Waals surface area contributed by atoms with E-state index in [0.717, 1.165) is 32.1 Å². The summed E-state index contributed by atoms with van der Waals surface area (Å²) in [5, 5.41) is 0. The van der Waals surface area contributed by atoms with E-state index in [1.807, 2.05) is 0 Å². The Hall–Kier alpha value is -2.95. The van der Waals surface area contributed by atoms with Gasteiger partial charge < -0.3 is 9.47 Å². The number of fused-ring (bicyclic) bond motifs is 2. The molecule has 0 unspecified atom stereocenters. The zero-order valence-electron chi connectivity index (χ0n) is 15.3. The average Bonchev–Trinajstić information content (AvgIpc) is 2.68. The lowest BCUT2D eigenvalue weighted by Gasteiger charge is -2.19. The van der Waals surface area contributed by atoms with Crippen LogP contribution in [0, 0.1) is 0 Å². The van der Waals surface area contributed by atoms with Gasteiger partial charge in [-0.05, 0) is 12.5 Å². The first-order valence-electron chi connectivity index (χ1n) is 9.29. The molecule has 0 N–H and O–H groups in total. The van der Waals surface area contributed by atoms with Gasteiger partial charge in [-0.2, -0.15) is 0 Å². The third kappa shape index (κ3) is 4.08. The number of carbonyl (C=O) groups is 3. The lowest BCUT2D eigenvalue weighted by Crippen LogP contribution is -2.23. The summed E-state index contributed by atoms with van der Waals surface area (Å²) in [5.41, 5.74) is 1.03. The highest BCUT2D eigenvalue weighted by atomic mass is 16.7. The number of hydrogen-bond donors (Lipinski definition) is 0. The van der Waals surface area contributed by atoms with Crippen LogP contribution in [0.5, 0.6) is 5.75 Å². The lowest BCUT2D eigenvalue weighted by molar-refractivity contribution is 0.0934. The minimum absolute atomic E-state index is 0.0522. The summed E-state index contributed by atoms with van der Waals surface area (Å²) in [7, 11) is 0. The minimum Gasteiger partial charge on any atom is -0.434 e. The summed E-state index contributed by atoms with van der Waals surface area (Å²) in [5.74, 6) is -0.533. The summed E-state index contributed by atoms with van der Waals surface area (Å²) < 4.78 is 10.3. The Balaban J connectivity index is 1.71. The summed E-state index contributed by atoms with van der Waals surface area (Å²) >= 11 is 0. The molecule has 0 radical (unpaired) electrons. The molecule has 0 spiro atoms. The Morgan fingerprint density at radius 1 is 0.815 bits per heavy atom. The zero-order valence-corrected chi connectivity index (χ0v) is 15.3. The number of unbranched alkanes of at least 4 members (excludes halogenated alkanes) is 4. The molecule has 0 fully saturated rings. The van der Waals surface area contributed by atoms with Gasteiger partial charge in [-0.25, -0.2) is 4.79 Å². The quantitative estimate of drug-likeness (QED) is 0.336. The number of ketones is 2. The number of rotatable bonds is 7. The molecule has 0 heterocycles. The SMILES string of the molecule is CCCCCCCOC(=O)Oc1cccc2c1C(=O)c1ccccc1C2=O. The summed E-state index contributed by atoms with van der Waals surface area (Å²) in [6.07, 6.45) is 4.32. The van der Waals surface area contributed by atoms with Crippen molar-refractivity contribution >= 4 is 17.7 Å². The van der Waals surface area contributed by atoms with E-state index in [0.29, 0.717) is 11.1 Å². The van der Waals surface area contributed by atoms with Gasteiger partial charge in [-0.3, -0.25) is 9.59 Å². The van der Waals surface area contributed by atoms with Crippen molar-refractivity contribution in [2.45, 2.75) is 39.0 Å². The molecule has 0 aliphatic heterocycles. The largest absolute Gasteiger partial charge is 0.513 e. The van der Waals surface area contributed by atoms with E-state index < -0.39 is 6.16 Å². The average molecular weight is 366 g/mol. The van der Waals surface area contributed by atoms with Crippen molar-refractivity contribution < 1.29 is 23.9 Å². The number of carbonyl (C=O) groups excluding carboxylic acids is 3. The summed E-state index contributed by atoms with van der Waals surface area (Å²) in [6.45, 7) is 2.41. The number of benzene rings is 2. The van der Waals surface area contributed by atoms with Crippen molar-refractivity contribution in [3.8, 4) is 5.75 Å². The predicted molar refractivity (Wildman–Crippen MR) is 100 cm³/mol. The second-order valence-corrected chi connectivity index (χ2v) is 6.50. The maximum absolute atomic E-state index is 12.8. The highest BCUT2D eigenvalue weighted by Crippen LogP contribution is 2.33. The van der Waals surface area contributed by atoms with E-state index in [-0.39, 0.29) is 35.0 Å². The van der Waals surface area contributed by atoms with Gasteiger partial charge in [0.25, 0.3) is 0 Å². The number of hydrogen-bond acceptors (Lipinski definition) is 5. The molecule has 0 saturated heterocycles. The molecule has 2 aromatic carbocycles. The molecule has 5 nitrogen and oxygen atoms in total. The van der Waals surface area contributed by atoms with E-state index in [1.165, 1.54) is 6.07 Å². The fourth-order valence-corrected chi connectivity index (χ4v) is 3.18. The van der Waals surface area contributed by atoms with Crippen LogP contribution < -0.4 is 4.74 Å². The molecule has 0 amide bonds. The molecular weight excluding hydrogens is 344 g/mol. The monoisotopic (exact) mass is 366 g/mol. The fraction of sp³-hybridized carbons (Fsp3) is 0.318. The van der Waals surface area contributed by atoms with Crippen LogP contribution in [0.4, 0.5) is 4.79 Å². The third-order valence-electron chi connectivity index (χ3n) is 4.58. The first-order valence-corrected chi connectivity index (χ1v) is 9.29. The minimum atomic E-state index is -0.863. The third-order valence-corrected chi connectivity index (χ3v) is 4.58. The standard InChI is InChI=1S/C22H22O5/c1-2-3-4-5-8-14-26-22(25)27-18-13-9-12-17-19(18)21(24)16-11-7-6-10-15(16)20(17)23/h6-7,9-13H,2-5,8,14H2,1H3. The molecular formula is C22H22O5. The van der Waals surface area contributed by atoms with Crippen LogP contribution in [0.25, 0.3) is 0 Å². The Kier molecular flexibility index (Phi) is 6.01. The van der Waals surface area contributed by atoms with Crippen LogP contribution in [0.15, 0.2) is 42.5 Å². The molecule has 5 heteroatoms. The summed E-state index contributed by atoms with van der Waals surface area (Å²) in [4.78, 5) is 37.5. The molecule has 1 aliphatic rings. The molecule has 0 saturated carbocycles. The van der Waals surface area contributed by atoms with Crippen LogP contribution in [0.2, 0.25) is 0 Å². The van der Waals surface area contributed by atoms with Crippen LogP contribution in [-0.2, 0) is 4.74 Å². The van der Waals surface area contributed by atoms with Gasteiger partial charge in [0.1, 0.15) is 5.75 Å².